The van der Waals surface area contributed by atoms with Crippen molar-refractivity contribution in [3.63, 3.8) is 0 Å². The largest absolute Gasteiger partial charge is 0.339 e. The van der Waals surface area contributed by atoms with E-state index in [1.54, 1.807) is 11.5 Å². The normalized spacial score (nSPS) is 10.8. The van der Waals surface area contributed by atoms with Crippen molar-refractivity contribution in [1.29, 1.82) is 10.8 Å². The number of nitrogens with one attached hydrogen (secondary N) is 3. The number of benzene rings is 1. The maximum absolute atomic E-state index is 11.5. The molecule has 0 bridgehead atoms. The lowest BCUT2D eigenvalue weighted by molar-refractivity contribution is -0.114. The molecule has 128 valence electrons. The fourth-order valence-electron chi connectivity index (χ4n) is 3.06. The van der Waals surface area contributed by atoms with Crippen LogP contribution in [0.3, 0.4) is 0 Å². The second-order valence-electron chi connectivity index (χ2n) is 6.14. The van der Waals surface area contributed by atoms with E-state index in [9.17, 15) is 4.79 Å². The smallest absolute Gasteiger partial charge is 0.221 e. The van der Waals surface area contributed by atoms with Crippen LogP contribution in [0.15, 0.2) is 42.5 Å². The monoisotopic (exact) mass is 335 g/mol. The van der Waals surface area contributed by atoms with E-state index in [2.05, 4.69) is 22.0 Å². The highest BCUT2D eigenvalue weighted by molar-refractivity contribution is 5.95. The predicted molar refractivity (Wildman–Crippen MR) is 99.2 cm³/mol. The first-order valence-corrected chi connectivity index (χ1v) is 8.06. The molecule has 3 rings (SSSR count). The van der Waals surface area contributed by atoms with Crippen LogP contribution in [-0.4, -0.2) is 20.9 Å². The van der Waals surface area contributed by atoms with E-state index in [0.29, 0.717) is 12.2 Å². The molecule has 25 heavy (non-hydrogen) atoms. The van der Waals surface area contributed by atoms with Crippen molar-refractivity contribution in [3.05, 3.63) is 59.2 Å². The quantitative estimate of drug-likeness (QED) is 0.498. The highest BCUT2D eigenvalue weighted by Crippen LogP contribution is 2.22. The number of anilines is 1. The van der Waals surface area contributed by atoms with Crippen molar-refractivity contribution < 1.29 is 4.79 Å². The van der Waals surface area contributed by atoms with Gasteiger partial charge in [-0.25, -0.2) is 0 Å². The molecule has 2 heterocycles. The van der Waals surface area contributed by atoms with Gasteiger partial charge < -0.3 is 9.88 Å². The van der Waals surface area contributed by atoms with E-state index in [1.807, 2.05) is 37.3 Å². The van der Waals surface area contributed by atoms with Gasteiger partial charge >= 0.3 is 0 Å². The summed E-state index contributed by atoms with van der Waals surface area (Å²) in [7, 11) is 0. The lowest BCUT2D eigenvalue weighted by Gasteiger charge is -2.14. The van der Waals surface area contributed by atoms with Crippen LogP contribution in [0.4, 0.5) is 5.69 Å². The Hall–Kier alpha value is -3.15. The van der Waals surface area contributed by atoms with Crippen molar-refractivity contribution in [2.24, 2.45) is 0 Å². The molecule has 0 atom stereocenters. The van der Waals surface area contributed by atoms with Gasteiger partial charge in [0.25, 0.3) is 0 Å². The zero-order valence-corrected chi connectivity index (χ0v) is 14.6. The summed E-state index contributed by atoms with van der Waals surface area (Å²) in [6, 6.07) is 13.9. The second kappa shape index (κ2) is 6.39. The first kappa shape index (κ1) is 16.7. The third kappa shape index (κ3) is 3.10. The van der Waals surface area contributed by atoms with E-state index in [-0.39, 0.29) is 17.2 Å². The molecule has 3 N–H and O–H groups in total. The number of carbonyl (C=O) groups excluding carboxylic acids is 1. The molecule has 0 aliphatic rings. The average molecular weight is 335 g/mol. The summed E-state index contributed by atoms with van der Waals surface area (Å²) in [6.45, 7) is 5.75. The first-order chi connectivity index (χ1) is 11.9. The minimum Gasteiger partial charge on any atom is -0.339 e. The average Bonchev–Trinajstić information content (AvgIpc) is 2.84. The number of rotatable bonds is 3. The molecule has 6 heteroatoms. The second-order valence-corrected chi connectivity index (χ2v) is 6.14. The Morgan fingerprint density at radius 1 is 1.12 bits per heavy atom. The first-order valence-electron chi connectivity index (χ1n) is 8.06. The van der Waals surface area contributed by atoms with E-state index in [0.717, 1.165) is 22.3 Å². The Labute approximate surface area is 145 Å². The fraction of sp³-hybridized carbons (Fsp3) is 0.211. The molecule has 0 radical (unpaired) electrons. The number of pyridine rings is 1. The lowest BCUT2D eigenvalue weighted by atomic mass is 10.2. The molecule has 2 aromatic heterocycles. The summed E-state index contributed by atoms with van der Waals surface area (Å²) in [5.41, 5.74) is 4.38. The summed E-state index contributed by atoms with van der Waals surface area (Å²) in [5.74, 6) is -0.000940. The number of nitrogens with zero attached hydrogens (tertiary/aromatic N) is 2. The van der Waals surface area contributed by atoms with Crippen LogP contribution in [0, 0.1) is 17.7 Å². The maximum Gasteiger partial charge on any atom is 0.221 e. The lowest BCUT2D eigenvalue weighted by Crippen LogP contribution is -2.28. The molecule has 0 unspecified atom stereocenters. The minimum atomic E-state index is -0.236. The van der Waals surface area contributed by atoms with Gasteiger partial charge in [0, 0.05) is 19.2 Å². The molecule has 0 aliphatic carbocycles. The van der Waals surface area contributed by atoms with Crippen LogP contribution in [0.1, 0.15) is 25.1 Å². The Kier molecular flexibility index (Phi) is 4.27. The van der Waals surface area contributed by atoms with Crippen LogP contribution >= 0.6 is 0 Å². The van der Waals surface area contributed by atoms with E-state index >= 15 is 0 Å². The molecule has 0 saturated heterocycles. The van der Waals surface area contributed by atoms with Gasteiger partial charge in [0.15, 0.2) is 5.49 Å². The summed E-state index contributed by atoms with van der Waals surface area (Å²) in [6.07, 6.45) is 0. The van der Waals surface area contributed by atoms with E-state index in [4.69, 9.17) is 10.8 Å². The van der Waals surface area contributed by atoms with Gasteiger partial charge in [0.2, 0.25) is 5.91 Å². The van der Waals surface area contributed by atoms with Gasteiger partial charge in [-0.05, 0) is 31.5 Å². The molecule has 0 aliphatic heterocycles. The van der Waals surface area contributed by atoms with Gasteiger partial charge in [-0.1, -0.05) is 30.3 Å². The summed E-state index contributed by atoms with van der Waals surface area (Å²) >= 11 is 0. The van der Waals surface area contributed by atoms with Gasteiger partial charge in [0.05, 0.1) is 16.7 Å². The molecule has 1 aromatic carbocycles. The highest BCUT2D eigenvalue weighted by Gasteiger charge is 2.15. The van der Waals surface area contributed by atoms with Crippen LogP contribution in [0.2, 0.25) is 0 Å². The Morgan fingerprint density at radius 3 is 2.40 bits per heavy atom. The molecule has 0 saturated carbocycles. The number of carbonyl (C=O) groups is 1. The van der Waals surface area contributed by atoms with Gasteiger partial charge in [-0.3, -0.25) is 20.2 Å². The number of aryl methyl sites for hydroxylation is 1. The number of amides is 1. The zero-order chi connectivity index (χ0) is 18.1. The van der Waals surface area contributed by atoms with E-state index < -0.39 is 0 Å². The van der Waals surface area contributed by atoms with Crippen molar-refractivity contribution in [1.82, 2.24) is 9.13 Å². The van der Waals surface area contributed by atoms with Gasteiger partial charge in [-0.2, -0.15) is 0 Å². The minimum absolute atomic E-state index is 0.104. The highest BCUT2D eigenvalue weighted by atomic mass is 16.1. The molecule has 0 spiro atoms. The van der Waals surface area contributed by atoms with Crippen molar-refractivity contribution >= 4 is 28.5 Å². The summed E-state index contributed by atoms with van der Waals surface area (Å²) < 4.78 is 3.68. The summed E-state index contributed by atoms with van der Waals surface area (Å²) in [5, 5.41) is 19.1. The number of hydrogen-bond donors (Lipinski definition) is 3. The third-order valence-electron chi connectivity index (χ3n) is 4.15. The molecule has 1 amide bonds. The Bertz CT molecular complexity index is 1030. The number of hydrogen-bond acceptors (Lipinski definition) is 3. The molecular weight excluding hydrogens is 314 g/mol. The van der Waals surface area contributed by atoms with Crippen LogP contribution < -0.4 is 10.8 Å². The predicted octanol–water partition coefficient (Wildman–Crippen LogP) is 3.08. The van der Waals surface area contributed by atoms with Gasteiger partial charge in [-0.15, -0.1) is 0 Å². The van der Waals surface area contributed by atoms with Crippen LogP contribution in [0.25, 0.3) is 11.0 Å². The number of fused-ring (bicyclic) bond motifs is 1. The van der Waals surface area contributed by atoms with Crippen molar-refractivity contribution in [3.8, 4) is 0 Å². The molecule has 6 nitrogen and oxygen atoms in total. The van der Waals surface area contributed by atoms with Crippen molar-refractivity contribution in [2.75, 3.05) is 5.32 Å². The van der Waals surface area contributed by atoms with Crippen molar-refractivity contribution in [2.45, 2.75) is 27.3 Å². The molecular formula is C19H21N5O. The fourth-order valence-corrected chi connectivity index (χ4v) is 3.06. The summed E-state index contributed by atoms with van der Waals surface area (Å²) in [4.78, 5) is 11.5. The standard InChI is InChI=1S/C19H21N5O/c1-12-9-18-17(23(12)11-15-7-5-4-6-8-15)10-16(22-14(3)25)19(21)24(18)13(2)20/h4-10,20-21H,11H2,1-3H3,(H,22,25). The zero-order valence-electron chi connectivity index (χ0n) is 14.6. The third-order valence-corrected chi connectivity index (χ3v) is 4.15. The topological polar surface area (TPSA) is 86.7 Å². The Morgan fingerprint density at radius 2 is 1.80 bits per heavy atom. The Balaban J connectivity index is 2.27. The van der Waals surface area contributed by atoms with Crippen LogP contribution in [0.5, 0.6) is 0 Å². The molecule has 0 fully saturated rings. The maximum atomic E-state index is 11.5. The SMILES string of the molecule is CC(=N)n1c(=N)c(NC(C)=O)cc2c1cc(C)n2Cc1ccccc1. The van der Waals surface area contributed by atoms with E-state index in [1.165, 1.54) is 6.92 Å². The number of aromatic nitrogens is 2. The van der Waals surface area contributed by atoms with Gasteiger partial charge in [0.1, 0.15) is 5.84 Å². The molecule has 3 aromatic rings. The van der Waals surface area contributed by atoms with Crippen LogP contribution in [-0.2, 0) is 11.3 Å².